The second-order valence-corrected chi connectivity index (χ2v) is 6.06. The number of aryl methyl sites for hydroxylation is 2. The van der Waals surface area contributed by atoms with Crippen molar-refractivity contribution in [2.45, 2.75) is 32.7 Å². The predicted octanol–water partition coefficient (Wildman–Crippen LogP) is 2.62. The fourth-order valence-corrected chi connectivity index (χ4v) is 3.23. The maximum atomic E-state index is 12.1. The average Bonchev–Trinajstić information content (AvgIpc) is 2.55. The zero-order chi connectivity index (χ0) is 16.0. The lowest BCUT2D eigenvalue weighted by Crippen LogP contribution is -2.38. The number of nitrogens with one attached hydrogen (secondary N) is 2. The highest BCUT2D eigenvalue weighted by atomic mass is 16.2. The van der Waals surface area contributed by atoms with Crippen LogP contribution in [0.1, 0.15) is 24.7 Å². The highest BCUT2D eigenvalue weighted by molar-refractivity contribution is 6.05. The summed E-state index contributed by atoms with van der Waals surface area (Å²) in [6, 6.07) is 8.07. The molecule has 4 rings (SSSR count). The maximum absolute atomic E-state index is 12.1. The summed E-state index contributed by atoms with van der Waals surface area (Å²) < 4.78 is 0. The van der Waals surface area contributed by atoms with Crippen molar-refractivity contribution < 1.29 is 4.79 Å². The Morgan fingerprint density at radius 1 is 1.26 bits per heavy atom. The smallest absolute Gasteiger partial charge is 0.246 e. The van der Waals surface area contributed by atoms with Gasteiger partial charge in [0.05, 0.1) is 0 Å². The number of para-hydroxylation sites is 1. The summed E-state index contributed by atoms with van der Waals surface area (Å²) in [6.45, 7) is 4.58. The lowest BCUT2D eigenvalue weighted by molar-refractivity contribution is -0.116. The van der Waals surface area contributed by atoms with E-state index < -0.39 is 0 Å². The molecule has 2 N–H and O–H groups in total. The zero-order valence-electron chi connectivity index (χ0n) is 13.3. The molecule has 6 heteroatoms. The quantitative estimate of drug-likeness (QED) is 0.847. The molecule has 1 unspecified atom stereocenters. The van der Waals surface area contributed by atoms with Gasteiger partial charge in [-0.15, -0.1) is 0 Å². The first-order valence-electron chi connectivity index (χ1n) is 7.95. The minimum absolute atomic E-state index is 0.0588. The van der Waals surface area contributed by atoms with Gasteiger partial charge in [0.2, 0.25) is 5.91 Å². The van der Waals surface area contributed by atoms with Gasteiger partial charge in [-0.2, -0.15) is 0 Å². The van der Waals surface area contributed by atoms with Crippen LogP contribution in [0.5, 0.6) is 0 Å². The first-order chi connectivity index (χ1) is 11.1. The summed E-state index contributed by atoms with van der Waals surface area (Å²) in [5.74, 6) is 2.10. The lowest BCUT2D eigenvalue weighted by Gasteiger charge is -2.34. The molecule has 1 atom stereocenters. The van der Waals surface area contributed by atoms with Crippen LogP contribution in [0.2, 0.25) is 0 Å². The molecule has 1 amide bonds. The highest BCUT2D eigenvalue weighted by Gasteiger charge is 2.30. The number of fused-ring (bicyclic) bond motifs is 2. The van der Waals surface area contributed by atoms with Crippen molar-refractivity contribution in [3.8, 4) is 0 Å². The standard InChI is InChI=1S/C17H19N5O/c1-10-17(23)21-14-15(18-10)19-11(2)20-16(14)22-9-5-7-12-6-3-4-8-13(12)22/h3-4,6,8,10H,5,7,9H2,1-2H3,(H,21,23)(H,18,19,20). The van der Waals surface area contributed by atoms with Crippen LogP contribution in [0.25, 0.3) is 0 Å². The molecule has 118 valence electrons. The van der Waals surface area contributed by atoms with E-state index in [1.807, 2.05) is 19.9 Å². The third kappa shape index (κ3) is 2.30. The van der Waals surface area contributed by atoms with Crippen molar-refractivity contribution in [3.63, 3.8) is 0 Å². The highest BCUT2D eigenvalue weighted by Crippen LogP contribution is 2.40. The minimum atomic E-state index is -0.293. The van der Waals surface area contributed by atoms with E-state index in [2.05, 4.69) is 43.7 Å². The Morgan fingerprint density at radius 3 is 2.96 bits per heavy atom. The number of hydrogen-bond acceptors (Lipinski definition) is 5. The molecule has 0 saturated heterocycles. The maximum Gasteiger partial charge on any atom is 0.246 e. The van der Waals surface area contributed by atoms with E-state index in [4.69, 9.17) is 0 Å². The number of nitrogens with zero attached hydrogens (tertiary/aromatic N) is 3. The number of carbonyl (C=O) groups excluding carboxylic acids is 1. The van der Waals surface area contributed by atoms with Crippen LogP contribution >= 0.6 is 0 Å². The van der Waals surface area contributed by atoms with Crippen LogP contribution in [0.15, 0.2) is 24.3 Å². The molecule has 3 heterocycles. The predicted molar refractivity (Wildman–Crippen MR) is 90.3 cm³/mol. The topological polar surface area (TPSA) is 70.2 Å². The number of hydrogen-bond donors (Lipinski definition) is 2. The van der Waals surface area contributed by atoms with E-state index in [1.54, 1.807) is 0 Å². The van der Waals surface area contributed by atoms with Gasteiger partial charge in [-0.05, 0) is 38.3 Å². The molecular formula is C17H19N5O. The molecule has 23 heavy (non-hydrogen) atoms. The van der Waals surface area contributed by atoms with Gasteiger partial charge >= 0.3 is 0 Å². The molecule has 0 radical (unpaired) electrons. The van der Waals surface area contributed by atoms with Gasteiger partial charge < -0.3 is 15.5 Å². The fraction of sp³-hybridized carbons (Fsp3) is 0.353. The minimum Gasteiger partial charge on any atom is -0.357 e. The van der Waals surface area contributed by atoms with Crippen LogP contribution in [0.3, 0.4) is 0 Å². The normalized spacial score (nSPS) is 19.5. The summed E-state index contributed by atoms with van der Waals surface area (Å²) in [4.78, 5) is 23.3. The number of aromatic nitrogens is 2. The van der Waals surface area contributed by atoms with E-state index in [0.29, 0.717) is 17.3 Å². The Morgan fingerprint density at radius 2 is 2.09 bits per heavy atom. The van der Waals surface area contributed by atoms with Crippen LogP contribution in [-0.2, 0) is 11.2 Å². The molecule has 1 aromatic heterocycles. The van der Waals surface area contributed by atoms with Crippen molar-refractivity contribution in [3.05, 3.63) is 35.7 Å². The summed E-state index contributed by atoms with van der Waals surface area (Å²) in [7, 11) is 0. The number of benzene rings is 1. The van der Waals surface area contributed by atoms with E-state index >= 15 is 0 Å². The molecule has 0 bridgehead atoms. The first kappa shape index (κ1) is 14.0. The Kier molecular flexibility index (Phi) is 3.18. The van der Waals surface area contributed by atoms with Crippen LogP contribution in [0, 0.1) is 6.92 Å². The molecule has 0 aliphatic carbocycles. The number of amides is 1. The Hall–Kier alpha value is -2.63. The number of anilines is 4. The zero-order valence-corrected chi connectivity index (χ0v) is 13.3. The van der Waals surface area contributed by atoms with Gasteiger partial charge in [0, 0.05) is 12.2 Å². The summed E-state index contributed by atoms with van der Waals surface area (Å²) >= 11 is 0. The van der Waals surface area contributed by atoms with Gasteiger partial charge in [-0.3, -0.25) is 4.79 Å². The molecule has 0 spiro atoms. The number of carbonyl (C=O) groups is 1. The molecule has 2 aliphatic rings. The first-order valence-corrected chi connectivity index (χ1v) is 7.95. The van der Waals surface area contributed by atoms with Crippen LogP contribution in [-0.4, -0.2) is 28.5 Å². The van der Waals surface area contributed by atoms with Crippen molar-refractivity contribution >= 4 is 28.9 Å². The Labute approximate surface area is 134 Å². The Bertz CT molecular complexity index is 789. The van der Waals surface area contributed by atoms with E-state index in [0.717, 1.165) is 30.9 Å². The second kappa shape index (κ2) is 5.22. The van der Waals surface area contributed by atoms with Gasteiger partial charge in [-0.1, -0.05) is 18.2 Å². The largest absolute Gasteiger partial charge is 0.357 e. The van der Waals surface area contributed by atoms with Gasteiger partial charge in [0.1, 0.15) is 17.6 Å². The van der Waals surface area contributed by atoms with Crippen LogP contribution in [0.4, 0.5) is 23.0 Å². The molecule has 0 fully saturated rings. The fourth-order valence-electron chi connectivity index (χ4n) is 3.23. The number of rotatable bonds is 1. The molecule has 2 aliphatic heterocycles. The van der Waals surface area contributed by atoms with Crippen molar-refractivity contribution in [1.29, 1.82) is 0 Å². The summed E-state index contributed by atoms with van der Waals surface area (Å²) in [5.41, 5.74) is 3.15. The monoisotopic (exact) mass is 309 g/mol. The van der Waals surface area contributed by atoms with Gasteiger partial charge in [0.25, 0.3) is 0 Å². The van der Waals surface area contributed by atoms with Crippen LogP contribution < -0.4 is 15.5 Å². The molecular weight excluding hydrogens is 290 g/mol. The van der Waals surface area contributed by atoms with Crippen molar-refractivity contribution in [1.82, 2.24) is 9.97 Å². The molecule has 2 aromatic rings. The van der Waals surface area contributed by atoms with Crippen molar-refractivity contribution in [2.75, 3.05) is 22.1 Å². The van der Waals surface area contributed by atoms with E-state index in [1.165, 1.54) is 5.56 Å². The third-order valence-corrected chi connectivity index (χ3v) is 4.36. The SMILES string of the molecule is Cc1nc2c(c(N3CCCc4ccccc43)n1)NC(=O)C(C)N2. The lowest BCUT2D eigenvalue weighted by atomic mass is 10.0. The summed E-state index contributed by atoms with van der Waals surface area (Å²) in [5, 5.41) is 6.13. The average molecular weight is 309 g/mol. The third-order valence-electron chi connectivity index (χ3n) is 4.36. The summed E-state index contributed by atoms with van der Waals surface area (Å²) in [6.07, 6.45) is 2.13. The van der Waals surface area contributed by atoms with Crippen molar-refractivity contribution in [2.24, 2.45) is 0 Å². The van der Waals surface area contributed by atoms with E-state index in [9.17, 15) is 4.79 Å². The molecule has 0 saturated carbocycles. The second-order valence-electron chi connectivity index (χ2n) is 6.06. The van der Waals surface area contributed by atoms with E-state index in [-0.39, 0.29) is 11.9 Å². The molecule has 1 aromatic carbocycles. The van der Waals surface area contributed by atoms with Gasteiger partial charge in [-0.25, -0.2) is 9.97 Å². The Balaban J connectivity index is 1.86. The van der Waals surface area contributed by atoms with Gasteiger partial charge in [0.15, 0.2) is 11.6 Å². The molecule has 6 nitrogen and oxygen atoms in total.